The first-order chi connectivity index (χ1) is 14.9. The maximum atomic E-state index is 13.1. The van der Waals surface area contributed by atoms with E-state index in [1.54, 1.807) is 30.3 Å². The van der Waals surface area contributed by atoms with Gasteiger partial charge in [-0.15, -0.1) is 0 Å². The topological polar surface area (TPSA) is 75.7 Å². The highest BCUT2D eigenvalue weighted by Gasteiger charge is 2.30. The Morgan fingerprint density at radius 1 is 1.10 bits per heavy atom. The minimum absolute atomic E-state index is 0.186. The minimum atomic E-state index is -3.66. The molecule has 1 N–H and O–H groups in total. The van der Waals surface area contributed by atoms with Gasteiger partial charge in [-0.3, -0.25) is 9.10 Å². The Kier molecular flexibility index (Phi) is 6.02. The summed E-state index contributed by atoms with van der Waals surface area (Å²) in [6, 6.07) is 18.8. The molecular weight excluding hydrogens is 480 g/mol. The minimum Gasteiger partial charge on any atom is -0.493 e. The molecule has 0 fully saturated rings. The molecule has 1 amide bonds. The van der Waals surface area contributed by atoms with Crippen LogP contribution in [0.4, 0.5) is 11.4 Å². The summed E-state index contributed by atoms with van der Waals surface area (Å²) in [7, 11) is -3.66. The van der Waals surface area contributed by atoms with E-state index in [1.807, 2.05) is 31.2 Å². The number of carbonyl (C=O) groups excluding carboxylic acids is 1. The maximum Gasteiger partial charge on any atom is 0.264 e. The van der Waals surface area contributed by atoms with Crippen LogP contribution in [0.25, 0.3) is 0 Å². The van der Waals surface area contributed by atoms with E-state index in [0.717, 1.165) is 11.3 Å². The van der Waals surface area contributed by atoms with E-state index in [-0.39, 0.29) is 10.8 Å². The monoisotopic (exact) mass is 500 g/mol. The molecule has 0 unspecified atom stereocenters. The van der Waals surface area contributed by atoms with Gasteiger partial charge < -0.3 is 10.1 Å². The van der Waals surface area contributed by atoms with Gasteiger partial charge in [-0.2, -0.15) is 0 Å². The summed E-state index contributed by atoms with van der Waals surface area (Å²) in [5.41, 5.74) is 2.72. The van der Waals surface area contributed by atoms with E-state index in [0.29, 0.717) is 41.0 Å². The van der Waals surface area contributed by atoms with Crippen molar-refractivity contribution in [3.63, 3.8) is 0 Å². The van der Waals surface area contributed by atoms with Crippen LogP contribution in [0.2, 0.25) is 0 Å². The van der Waals surface area contributed by atoms with Gasteiger partial charge in [0.05, 0.1) is 21.7 Å². The van der Waals surface area contributed by atoms with Crippen LogP contribution in [-0.2, 0) is 16.4 Å². The van der Waals surface area contributed by atoms with Crippen molar-refractivity contribution < 1.29 is 17.9 Å². The van der Waals surface area contributed by atoms with Crippen LogP contribution in [0, 0.1) is 0 Å². The molecule has 1 aliphatic heterocycles. The number of hydrogen-bond donors (Lipinski definition) is 1. The first-order valence-electron chi connectivity index (χ1n) is 9.84. The largest absolute Gasteiger partial charge is 0.493 e. The maximum absolute atomic E-state index is 13.1. The number of fused-ring (bicyclic) bond motifs is 1. The van der Waals surface area contributed by atoms with Gasteiger partial charge in [-0.1, -0.05) is 18.2 Å². The predicted molar refractivity (Wildman–Crippen MR) is 124 cm³/mol. The highest BCUT2D eigenvalue weighted by molar-refractivity contribution is 9.10. The van der Waals surface area contributed by atoms with Gasteiger partial charge in [0.1, 0.15) is 5.75 Å². The summed E-state index contributed by atoms with van der Waals surface area (Å²) < 4.78 is 33.8. The molecule has 0 radical (unpaired) electrons. The molecule has 3 aromatic rings. The van der Waals surface area contributed by atoms with Crippen molar-refractivity contribution in [1.82, 2.24) is 0 Å². The summed E-state index contributed by atoms with van der Waals surface area (Å²) >= 11 is 3.40. The number of anilines is 2. The lowest BCUT2D eigenvalue weighted by Crippen LogP contribution is -2.29. The van der Waals surface area contributed by atoms with Crippen molar-refractivity contribution in [2.45, 2.75) is 18.2 Å². The molecule has 0 saturated heterocycles. The van der Waals surface area contributed by atoms with Gasteiger partial charge in [0.2, 0.25) is 0 Å². The van der Waals surface area contributed by atoms with Crippen molar-refractivity contribution in [2.24, 2.45) is 0 Å². The molecule has 0 spiro atoms. The Labute approximate surface area is 190 Å². The number of carbonyl (C=O) groups is 1. The van der Waals surface area contributed by atoms with Crippen molar-refractivity contribution in [3.8, 4) is 5.75 Å². The molecular formula is C23H21BrN2O4S. The van der Waals surface area contributed by atoms with Crippen LogP contribution in [0.5, 0.6) is 5.75 Å². The van der Waals surface area contributed by atoms with Crippen molar-refractivity contribution in [3.05, 3.63) is 82.3 Å². The fourth-order valence-electron chi connectivity index (χ4n) is 3.51. The van der Waals surface area contributed by atoms with Crippen LogP contribution < -0.4 is 14.4 Å². The number of para-hydroxylation sites is 1. The standard InChI is InChI=1S/C23H21BrN2O4S/c1-2-30-22-12-7-17(15-20(22)24)23(27)25-18-8-10-19(11-9-18)31(28,29)26-14-13-16-5-3-4-6-21(16)26/h3-12,15H,2,13-14H2,1H3,(H,25,27). The summed E-state index contributed by atoms with van der Waals surface area (Å²) in [5.74, 6) is 0.366. The van der Waals surface area contributed by atoms with Gasteiger partial charge >= 0.3 is 0 Å². The fourth-order valence-corrected chi connectivity index (χ4v) is 5.51. The second-order valence-electron chi connectivity index (χ2n) is 7.01. The quantitative estimate of drug-likeness (QED) is 0.524. The third-order valence-corrected chi connectivity index (χ3v) is 7.49. The molecule has 1 heterocycles. The molecule has 31 heavy (non-hydrogen) atoms. The average molecular weight is 501 g/mol. The zero-order valence-electron chi connectivity index (χ0n) is 16.8. The first kappa shape index (κ1) is 21.4. The predicted octanol–water partition coefficient (Wildman–Crippen LogP) is 4.85. The van der Waals surface area contributed by atoms with E-state index in [1.165, 1.54) is 16.4 Å². The third kappa shape index (κ3) is 4.31. The lowest BCUT2D eigenvalue weighted by Gasteiger charge is -2.19. The van der Waals surface area contributed by atoms with E-state index in [2.05, 4.69) is 21.2 Å². The molecule has 0 saturated carbocycles. The van der Waals surface area contributed by atoms with Crippen LogP contribution in [-0.4, -0.2) is 27.5 Å². The highest BCUT2D eigenvalue weighted by atomic mass is 79.9. The zero-order chi connectivity index (χ0) is 22.0. The molecule has 3 aromatic carbocycles. The number of benzene rings is 3. The van der Waals surface area contributed by atoms with Crippen LogP contribution in [0.3, 0.4) is 0 Å². The molecule has 160 valence electrons. The molecule has 8 heteroatoms. The van der Waals surface area contributed by atoms with Crippen LogP contribution in [0.15, 0.2) is 76.1 Å². The van der Waals surface area contributed by atoms with Gasteiger partial charge in [-0.25, -0.2) is 8.42 Å². The van der Waals surface area contributed by atoms with Crippen molar-refractivity contribution >= 4 is 43.2 Å². The number of amides is 1. The number of rotatable bonds is 6. The molecule has 0 aromatic heterocycles. The molecule has 1 aliphatic rings. The van der Waals surface area contributed by atoms with Crippen LogP contribution in [0.1, 0.15) is 22.8 Å². The lowest BCUT2D eigenvalue weighted by atomic mass is 10.2. The smallest absolute Gasteiger partial charge is 0.264 e. The molecule has 6 nitrogen and oxygen atoms in total. The summed E-state index contributed by atoms with van der Waals surface area (Å²) in [6.07, 6.45) is 0.696. The Balaban J connectivity index is 1.50. The number of hydrogen-bond acceptors (Lipinski definition) is 4. The SMILES string of the molecule is CCOc1ccc(C(=O)Nc2ccc(S(=O)(=O)N3CCc4ccccc43)cc2)cc1Br. The normalized spacial score (nSPS) is 13.0. The van der Waals surface area contributed by atoms with Gasteiger partial charge in [0.15, 0.2) is 0 Å². The van der Waals surface area contributed by atoms with Gasteiger partial charge in [0.25, 0.3) is 15.9 Å². The second-order valence-corrected chi connectivity index (χ2v) is 9.73. The van der Waals surface area contributed by atoms with Crippen molar-refractivity contribution in [2.75, 3.05) is 22.8 Å². The Bertz CT molecular complexity index is 1230. The van der Waals surface area contributed by atoms with Crippen molar-refractivity contribution in [1.29, 1.82) is 0 Å². The lowest BCUT2D eigenvalue weighted by molar-refractivity contribution is 0.102. The third-order valence-electron chi connectivity index (χ3n) is 5.04. The Morgan fingerprint density at radius 2 is 1.84 bits per heavy atom. The zero-order valence-corrected chi connectivity index (χ0v) is 19.2. The number of nitrogens with one attached hydrogen (secondary N) is 1. The highest BCUT2D eigenvalue weighted by Crippen LogP contribution is 2.33. The number of halogens is 1. The van der Waals surface area contributed by atoms with E-state index >= 15 is 0 Å². The Hall–Kier alpha value is -2.84. The molecule has 0 aliphatic carbocycles. The summed E-state index contributed by atoms with van der Waals surface area (Å²) in [4.78, 5) is 12.8. The molecule has 0 bridgehead atoms. The van der Waals surface area contributed by atoms with Crippen LogP contribution >= 0.6 is 15.9 Å². The number of nitrogens with zero attached hydrogens (tertiary/aromatic N) is 1. The average Bonchev–Trinajstić information content (AvgIpc) is 3.21. The van der Waals surface area contributed by atoms with Gasteiger partial charge in [-0.05, 0) is 83.4 Å². The van der Waals surface area contributed by atoms with E-state index in [4.69, 9.17) is 4.74 Å². The summed E-state index contributed by atoms with van der Waals surface area (Å²) in [6.45, 7) is 2.84. The van der Waals surface area contributed by atoms with Gasteiger partial charge in [0, 0.05) is 17.8 Å². The molecule has 4 rings (SSSR count). The molecule has 0 atom stereocenters. The number of sulfonamides is 1. The Morgan fingerprint density at radius 3 is 2.55 bits per heavy atom. The second kappa shape index (κ2) is 8.72. The first-order valence-corrected chi connectivity index (χ1v) is 12.1. The van der Waals surface area contributed by atoms with E-state index < -0.39 is 10.0 Å². The van der Waals surface area contributed by atoms with E-state index in [9.17, 15) is 13.2 Å². The number of ether oxygens (including phenoxy) is 1. The fraction of sp³-hybridized carbons (Fsp3) is 0.174. The summed E-state index contributed by atoms with van der Waals surface area (Å²) in [5, 5.41) is 2.79.